The van der Waals surface area contributed by atoms with Crippen LogP contribution in [0.5, 0.6) is 0 Å². The molecule has 1 aliphatic carbocycles. The molecule has 0 bridgehead atoms. The Labute approximate surface area is 226 Å². The lowest BCUT2D eigenvalue weighted by Gasteiger charge is -2.27. The first-order valence-electron chi connectivity index (χ1n) is 12.9. The van der Waals surface area contributed by atoms with Crippen LogP contribution in [-0.2, 0) is 19.7 Å². The van der Waals surface area contributed by atoms with E-state index in [1.807, 2.05) is 32.9 Å². The molecule has 2 unspecified atom stereocenters. The van der Waals surface area contributed by atoms with Gasteiger partial charge in [0, 0.05) is 37.4 Å². The maximum atomic E-state index is 15.2. The van der Waals surface area contributed by atoms with Crippen molar-refractivity contribution in [3.8, 4) is 17.2 Å². The molecule has 0 spiro atoms. The van der Waals surface area contributed by atoms with Crippen molar-refractivity contribution in [2.24, 2.45) is 11.8 Å². The number of nitrogens with zero attached hydrogens (tertiary/aromatic N) is 3. The molecule has 3 atom stereocenters. The number of hydrogen-bond acceptors (Lipinski definition) is 6. The fourth-order valence-corrected chi connectivity index (χ4v) is 5.69. The molecule has 204 valence electrons. The minimum Gasteiger partial charge on any atom is -0.444 e. The minimum absolute atomic E-state index is 0.0339. The topological polar surface area (TPSA) is 112 Å². The minimum atomic E-state index is -0.663. The number of anilines is 1. The van der Waals surface area contributed by atoms with Crippen LogP contribution in [0.25, 0.3) is 11.1 Å². The summed E-state index contributed by atoms with van der Waals surface area (Å²) < 4.78 is 25.9. The fourth-order valence-electron chi connectivity index (χ4n) is 5.69. The van der Waals surface area contributed by atoms with Gasteiger partial charge in [-0.1, -0.05) is 24.3 Å². The number of ether oxygens (including phenoxy) is 2. The van der Waals surface area contributed by atoms with Gasteiger partial charge in [0.2, 0.25) is 5.91 Å². The summed E-state index contributed by atoms with van der Waals surface area (Å²) in [6, 6.07) is 14.3. The Morgan fingerprint density at radius 1 is 1.15 bits per heavy atom. The number of likely N-dealkylation sites (tertiary alicyclic amines) is 1. The molecule has 3 aliphatic rings. The van der Waals surface area contributed by atoms with Crippen molar-refractivity contribution < 1.29 is 28.2 Å². The van der Waals surface area contributed by atoms with Crippen molar-refractivity contribution in [2.45, 2.75) is 44.8 Å². The largest absolute Gasteiger partial charge is 0.444 e. The average Bonchev–Trinajstić information content (AvgIpc) is 3.15. The summed E-state index contributed by atoms with van der Waals surface area (Å²) in [6.07, 6.45) is -1.47. The van der Waals surface area contributed by atoms with Crippen LogP contribution in [0.2, 0.25) is 0 Å². The number of carbonyl (C=O) groups excluding carboxylic acids is 3. The zero-order chi connectivity index (χ0) is 28.1. The van der Waals surface area contributed by atoms with Crippen molar-refractivity contribution in [1.82, 2.24) is 10.2 Å². The molecule has 0 aromatic heterocycles. The normalized spacial score (nSPS) is 25.5. The summed E-state index contributed by atoms with van der Waals surface area (Å²) >= 11 is 0. The number of amides is 3. The first-order chi connectivity index (χ1) is 18.4. The number of hydrogen-bond donors (Lipinski definition) is 1. The highest BCUT2D eigenvalue weighted by Crippen LogP contribution is 2.63. The van der Waals surface area contributed by atoms with Gasteiger partial charge in [-0.2, -0.15) is 5.26 Å². The molecule has 9 nitrogen and oxygen atoms in total. The van der Waals surface area contributed by atoms with E-state index in [2.05, 4.69) is 11.4 Å². The van der Waals surface area contributed by atoms with E-state index in [0.717, 1.165) is 5.56 Å². The van der Waals surface area contributed by atoms with E-state index in [1.165, 1.54) is 17.9 Å². The molecular weight excluding hydrogens is 503 g/mol. The standard InChI is InChI=1S/C29H31FN4O5/c1-17(35)32-12-21-13-34(27(37)38-21)20-9-10-22(25(30)11-20)18-5-7-19(8-6-18)29(16-31)23-14-33(15-24(23)29)26(36)39-28(2,3)4/h5-11,21,23-24H,12-15H2,1-4H3,(H,32,35)/t21-,23?,24?,29?/m0/s1. The van der Waals surface area contributed by atoms with Gasteiger partial charge in [0.25, 0.3) is 0 Å². The van der Waals surface area contributed by atoms with Gasteiger partial charge in [0.1, 0.15) is 17.5 Å². The van der Waals surface area contributed by atoms with E-state index in [1.54, 1.807) is 29.2 Å². The van der Waals surface area contributed by atoms with Crippen LogP contribution in [0.1, 0.15) is 33.3 Å². The van der Waals surface area contributed by atoms with Crippen molar-refractivity contribution in [3.63, 3.8) is 0 Å². The summed E-state index contributed by atoms with van der Waals surface area (Å²) in [7, 11) is 0. The van der Waals surface area contributed by atoms with E-state index >= 15 is 4.39 Å². The molecule has 2 aromatic rings. The van der Waals surface area contributed by atoms with Gasteiger partial charge in [0.15, 0.2) is 0 Å². The van der Waals surface area contributed by atoms with Gasteiger partial charge in [-0.15, -0.1) is 0 Å². The van der Waals surface area contributed by atoms with Gasteiger partial charge in [-0.3, -0.25) is 9.69 Å². The quantitative estimate of drug-likeness (QED) is 0.615. The van der Waals surface area contributed by atoms with Crippen LogP contribution >= 0.6 is 0 Å². The van der Waals surface area contributed by atoms with Crippen molar-refractivity contribution in [3.05, 3.63) is 53.8 Å². The van der Waals surface area contributed by atoms with Gasteiger partial charge in [0.05, 0.1) is 30.3 Å². The summed E-state index contributed by atoms with van der Waals surface area (Å²) in [4.78, 5) is 38.8. The number of cyclic esters (lactones) is 1. The van der Waals surface area contributed by atoms with Gasteiger partial charge < -0.3 is 19.7 Å². The fraction of sp³-hybridized carbons (Fsp3) is 0.448. The Morgan fingerprint density at radius 3 is 2.38 bits per heavy atom. The maximum Gasteiger partial charge on any atom is 0.414 e. The molecule has 1 N–H and O–H groups in total. The smallest absolute Gasteiger partial charge is 0.414 e. The number of piperidine rings is 1. The number of rotatable bonds is 5. The number of fused-ring (bicyclic) bond motifs is 1. The number of nitrogens with one attached hydrogen (secondary N) is 1. The Kier molecular flexibility index (Phi) is 6.49. The molecule has 2 saturated heterocycles. The first-order valence-corrected chi connectivity index (χ1v) is 12.9. The first kappa shape index (κ1) is 26.5. The second-order valence-corrected chi connectivity index (χ2v) is 11.4. The number of nitriles is 1. The molecule has 0 radical (unpaired) electrons. The summed E-state index contributed by atoms with van der Waals surface area (Å²) in [5.74, 6) is -0.651. The van der Waals surface area contributed by atoms with Crippen LogP contribution in [-0.4, -0.2) is 60.9 Å². The lowest BCUT2D eigenvalue weighted by Crippen LogP contribution is -2.38. The Morgan fingerprint density at radius 2 is 1.82 bits per heavy atom. The molecule has 5 rings (SSSR count). The van der Waals surface area contributed by atoms with E-state index < -0.39 is 29.0 Å². The third kappa shape index (κ3) is 4.89. The molecular formula is C29H31FN4O5. The van der Waals surface area contributed by atoms with E-state index in [0.29, 0.717) is 29.9 Å². The van der Waals surface area contributed by atoms with Gasteiger partial charge >= 0.3 is 12.2 Å². The SMILES string of the molecule is CC(=O)NC[C@H]1CN(c2ccc(-c3ccc(C4(C#N)C5CN(C(=O)OC(C)(C)C)CC54)cc3)c(F)c2)C(=O)O1. The summed E-state index contributed by atoms with van der Waals surface area (Å²) in [5, 5.41) is 12.7. The highest BCUT2D eigenvalue weighted by molar-refractivity contribution is 5.90. The lowest BCUT2D eigenvalue weighted by atomic mass is 9.90. The molecule has 39 heavy (non-hydrogen) atoms. The molecule has 10 heteroatoms. The van der Waals surface area contributed by atoms with Crippen LogP contribution in [0.15, 0.2) is 42.5 Å². The third-order valence-corrected chi connectivity index (χ3v) is 7.61. The van der Waals surface area contributed by atoms with Crippen molar-refractivity contribution >= 4 is 23.8 Å². The van der Waals surface area contributed by atoms with Crippen LogP contribution in [0.3, 0.4) is 0 Å². The predicted octanol–water partition coefficient (Wildman–Crippen LogP) is 4.21. The molecule has 2 aromatic carbocycles. The zero-order valence-corrected chi connectivity index (χ0v) is 22.4. The second kappa shape index (κ2) is 9.56. The van der Waals surface area contributed by atoms with Gasteiger partial charge in [-0.05, 0) is 50.1 Å². The summed E-state index contributed by atoms with van der Waals surface area (Å²) in [5.41, 5.74) is 0.994. The van der Waals surface area contributed by atoms with Crippen molar-refractivity contribution in [1.29, 1.82) is 5.26 Å². The van der Waals surface area contributed by atoms with E-state index in [9.17, 15) is 19.6 Å². The highest BCUT2D eigenvalue weighted by atomic mass is 19.1. The Hall–Kier alpha value is -4.13. The maximum absolute atomic E-state index is 15.2. The van der Waals surface area contributed by atoms with E-state index in [-0.39, 0.29) is 36.9 Å². The third-order valence-electron chi connectivity index (χ3n) is 7.61. The van der Waals surface area contributed by atoms with Crippen LogP contribution in [0.4, 0.5) is 19.7 Å². The van der Waals surface area contributed by atoms with Crippen LogP contribution in [0, 0.1) is 29.0 Å². The second-order valence-electron chi connectivity index (χ2n) is 11.4. The molecule has 1 saturated carbocycles. The number of carbonyl (C=O) groups is 3. The summed E-state index contributed by atoms with van der Waals surface area (Å²) in [6.45, 7) is 8.19. The average molecular weight is 535 g/mol. The van der Waals surface area contributed by atoms with Gasteiger partial charge in [-0.25, -0.2) is 14.0 Å². The van der Waals surface area contributed by atoms with Crippen molar-refractivity contribution in [2.75, 3.05) is 31.1 Å². The lowest BCUT2D eigenvalue weighted by molar-refractivity contribution is -0.119. The molecule has 2 heterocycles. The van der Waals surface area contributed by atoms with E-state index in [4.69, 9.17) is 9.47 Å². The highest BCUT2D eigenvalue weighted by Gasteiger charge is 2.70. The molecule has 3 fully saturated rings. The monoisotopic (exact) mass is 534 g/mol. The number of halogens is 1. The number of benzene rings is 2. The predicted molar refractivity (Wildman–Crippen MR) is 140 cm³/mol. The van der Waals surface area contributed by atoms with Crippen LogP contribution < -0.4 is 10.2 Å². The molecule has 2 aliphatic heterocycles. The Bertz CT molecular complexity index is 1350. The molecule has 3 amide bonds. The Balaban J connectivity index is 1.26. The zero-order valence-electron chi connectivity index (χ0n) is 22.4.